The zero-order chi connectivity index (χ0) is 19.6. The number of hydrogen-bond donors (Lipinski definition) is 1. The number of likely N-dealkylation sites (tertiary alicyclic amines) is 2. The first-order valence-electron chi connectivity index (χ1n) is 9.30. The van der Waals surface area contributed by atoms with Crippen LogP contribution in [-0.4, -0.2) is 66.7 Å². The highest BCUT2D eigenvalue weighted by atomic mass is 16.5. The van der Waals surface area contributed by atoms with Crippen LogP contribution in [0.15, 0.2) is 18.2 Å². The van der Waals surface area contributed by atoms with Gasteiger partial charge in [-0.2, -0.15) is 0 Å². The van der Waals surface area contributed by atoms with Gasteiger partial charge in [-0.25, -0.2) is 0 Å². The molecule has 7 heteroatoms. The monoisotopic (exact) mass is 376 g/mol. The molecule has 0 aromatic heterocycles. The van der Waals surface area contributed by atoms with Gasteiger partial charge in [0.2, 0.25) is 5.91 Å². The third-order valence-electron chi connectivity index (χ3n) is 5.96. The smallest absolute Gasteiger partial charge is 0.320 e. The maximum absolute atomic E-state index is 11.9. The second-order valence-corrected chi connectivity index (χ2v) is 7.69. The van der Waals surface area contributed by atoms with Crippen LogP contribution in [0, 0.1) is 5.41 Å². The van der Waals surface area contributed by atoms with Crippen molar-refractivity contribution in [3.63, 3.8) is 0 Å². The number of piperidine rings is 1. The zero-order valence-corrected chi connectivity index (χ0v) is 16.2. The average molecular weight is 376 g/mol. The number of benzene rings is 1. The number of rotatable bonds is 5. The lowest BCUT2D eigenvalue weighted by atomic mass is 9.76. The summed E-state index contributed by atoms with van der Waals surface area (Å²) in [7, 11) is 3.21. The summed E-state index contributed by atoms with van der Waals surface area (Å²) in [6, 6.07) is 5.14. The lowest BCUT2D eigenvalue weighted by Crippen LogP contribution is -2.43. The summed E-state index contributed by atoms with van der Waals surface area (Å²) in [6.45, 7) is 4.28. The standard InChI is InChI=1S/C20H28N2O5/c1-14(23)21-6-4-20(5-7-21)11-18(19(24)25)22(13-20)12-15-8-16(26-2)10-17(9-15)27-3/h8-10,18H,4-7,11-13H2,1-3H3,(H,24,25)/t18-/m0/s1. The lowest BCUT2D eigenvalue weighted by molar-refractivity contribution is -0.142. The third kappa shape index (κ3) is 4.18. The zero-order valence-electron chi connectivity index (χ0n) is 16.2. The first-order valence-corrected chi connectivity index (χ1v) is 9.30. The van der Waals surface area contributed by atoms with E-state index in [2.05, 4.69) is 0 Å². The fourth-order valence-corrected chi connectivity index (χ4v) is 4.40. The van der Waals surface area contributed by atoms with E-state index in [-0.39, 0.29) is 11.3 Å². The van der Waals surface area contributed by atoms with Crippen molar-refractivity contribution < 1.29 is 24.2 Å². The number of carboxylic acids is 1. The van der Waals surface area contributed by atoms with E-state index < -0.39 is 12.0 Å². The Kier molecular flexibility index (Phi) is 5.60. The van der Waals surface area contributed by atoms with Crippen LogP contribution in [-0.2, 0) is 16.1 Å². The number of hydrogen-bond acceptors (Lipinski definition) is 5. The second-order valence-electron chi connectivity index (χ2n) is 7.69. The number of nitrogens with zero attached hydrogens (tertiary/aromatic N) is 2. The third-order valence-corrected chi connectivity index (χ3v) is 5.96. The summed E-state index contributed by atoms with van der Waals surface area (Å²) in [4.78, 5) is 27.4. The van der Waals surface area contributed by atoms with E-state index in [1.54, 1.807) is 27.2 Å². The van der Waals surface area contributed by atoms with Gasteiger partial charge >= 0.3 is 5.97 Å². The van der Waals surface area contributed by atoms with E-state index in [1.807, 2.05) is 21.9 Å². The predicted molar refractivity (Wildman–Crippen MR) is 99.9 cm³/mol. The Labute approximate surface area is 159 Å². The number of methoxy groups -OCH3 is 2. The molecule has 27 heavy (non-hydrogen) atoms. The molecular weight excluding hydrogens is 348 g/mol. The van der Waals surface area contributed by atoms with Crippen molar-refractivity contribution in [1.82, 2.24) is 9.80 Å². The summed E-state index contributed by atoms with van der Waals surface area (Å²) in [5.41, 5.74) is 0.938. The van der Waals surface area contributed by atoms with Gasteiger partial charge in [-0.1, -0.05) is 0 Å². The maximum Gasteiger partial charge on any atom is 0.320 e. The number of carboxylic acid groups (broad SMARTS) is 1. The minimum Gasteiger partial charge on any atom is -0.497 e. The highest BCUT2D eigenvalue weighted by Crippen LogP contribution is 2.44. The fourth-order valence-electron chi connectivity index (χ4n) is 4.40. The van der Waals surface area contributed by atoms with Crippen LogP contribution in [0.1, 0.15) is 31.7 Å². The van der Waals surface area contributed by atoms with Crippen LogP contribution in [0.2, 0.25) is 0 Å². The van der Waals surface area contributed by atoms with Crippen LogP contribution in [0.3, 0.4) is 0 Å². The second kappa shape index (κ2) is 7.76. The Morgan fingerprint density at radius 3 is 2.22 bits per heavy atom. The molecule has 2 saturated heterocycles. The molecule has 2 aliphatic rings. The van der Waals surface area contributed by atoms with Gasteiger partial charge in [-0.3, -0.25) is 14.5 Å². The molecule has 1 aromatic carbocycles. The number of aliphatic carboxylic acids is 1. The number of ether oxygens (including phenoxy) is 2. The van der Waals surface area contributed by atoms with E-state index in [4.69, 9.17) is 9.47 Å². The van der Waals surface area contributed by atoms with E-state index in [0.717, 1.165) is 24.9 Å². The Bertz CT molecular complexity index is 690. The predicted octanol–water partition coefficient (Wildman–Crippen LogP) is 1.99. The molecule has 3 rings (SSSR count). The summed E-state index contributed by atoms with van der Waals surface area (Å²) >= 11 is 0. The van der Waals surface area contributed by atoms with Crippen molar-refractivity contribution in [2.24, 2.45) is 5.41 Å². The molecule has 1 spiro atoms. The topological polar surface area (TPSA) is 79.3 Å². The van der Waals surface area contributed by atoms with Crippen molar-refractivity contribution in [2.45, 2.75) is 38.8 Å². The summed E-state index contributed by atoms with van der Waals surface area (Å²) in [6.07, 6.45) is 2.35. The Morgan fingerprint density at radius 2 is 1.74 bits per heavy atom. The highest BCUT2D eigenvalue weighted by Gasteiger charge is 2.48. The van der Waals surface area contributed by atoms with Crippen molar-refractivity contribution in [3.8, 4) is 11.5 Å². The van der Waals surface area contributed by atoms with Gasteiger partial charge in [0.15, 0.2) is 0 Å². The summed E-state index contributed by atoms with van der Waals surface area (Å²) in [5, 5.41) is 9.76. The molecular formula is C20H28N2O5. The van der Waals surface area contributed by atoms with Crippen LogP contribution < -0.4 is 9.47 Å². The molecule has 0 aliphatic carbocycles. The van der Waals surface area contributed by atoms with Crippen LogP contribution >= 0.6 is 0 Å². The van der Waals surface area contributed by atoms with Gasteiger partial charge in [0.1, 0.15) is 17.5 Å². The van der Waals surface area contributed by atoms with E-state index in [1.165, 1.54) is 0 Å². The minimum atomic E-state index is -0.782. The van der Waals surface area contributed by atoms with Crippen molar-refractivity contribution in [3.05, 3.63) is 23.8 Å². The molecule has 1 amide bonds. The maximum atomic E-state index is 11.9. The molecule has 1 N–H and O–H groups in total. The van der Waals surface area contributed by atoms with Gasteiger partial charge in [0, 0.05) is 39.2 Å². The molecule has 0 unspecified atom stereocenters. The van der Waals surface area contributed by atoms with Gasteiger partial charge in [-0.15, -0.1) is 0 Å². The first kappa shape index (κ1) is 19.5. The quantitative estimate of drug-likeness (QED) is 0.847. The van der Waals surface area contributed by atoms with Crippen molar-refractivity contribution in [2.75, 3.05) is 33.9 Å². The van der Waals surface area contributed by atoms with Crippen LogP contribution in [0.4, 0.5) is 0 Å². The molecule has 2 fully saturated rings. The molecule has 0 saturated carbocycles. The number of carbonyl (C=O) groups excluding carboxylic acids is 1. The Balaban J connectivity index is 1.77. The SMILES string of the molecule is COc1cc(CN2CC3(CCN(C(C)=O)CC3)C[C@H]2C(=O)O)cc(OC)c1. The molecule has 148 valence electrons. The van der Waals surface area contributed by atoms with E-state index in [0.29, 0.717) is 37.6 Å². The molecule has 1 atom stereocenters. The molecule has 0 bridgehead atoms. The van der Waals surface area contributed by atoms with Crippen LogP contribution in [0.5, 0.6) is 11.5 Å². The van der Waals surface area contributed by atoms with Gasteiger partial charge in [0.05, 0.1) is 14.2 Å². The van der Waals surface area contributed by atoms with Crippen molar-refractivity contribution >= 4 is 11.9 Å². The molecule has 2 aliphatic heterocycles. The highest BCUT2D eigenvalue weighted by molar-refractivity contribution is 5.74. The van der Waals surface area contributed by atoms with Gasteiger partial charge in [-0.05, 0) is 42.4 Å². The van der Waals surface area contributed by atoms with Gasteiger partial charge < -0.3 is 19.5 Å². The molecule has 1 aromatic rings. The Morgan fingerprint density at radius 1 is 1.15 bits per heavy atom. The normalized spacial score (nSPS) is 22.0. The Hall–Kier alpha value is -2.28. The molecule has 2 heterocycles. The number of carbonyl (C=O) groups is 2. The largest absolute Gasteiger partial charge is 0.497 e. The molecule has 0 radical (unpaired) electrons. The van der Waals surface area contributed by atoms with E-state index in [9.17, 15) is 14.7 Å². The van der Waals surface area contributed by atoms with Gasteiger partial charge in [0.25, 0.3) is 0 Å². The lowest BCUT2D eigenvalue weighted by Gasteiger charge is -2.39. The van der Waals surface area contributed by atoms with E-state index >= 15 is 0 Å². The molecule has 7 nitrogen and oxygen atoms in total. The minimum absolute atomic E-state index is 0.0298. The fraction of sp³-hybridized carbons (Fsp3) is 0.600. The van der Waals surface area contributed by atoms with Crippen LogP contribution in [0.25, 0.3) is 0 Å². The summed E-state index contributed by atoms with van der Waals surface area (Å²) < 4.78 is 10.7. The average Bonchev–Trinajstić information content (AvgIpc) is 2.99. The van der Waals surface area contributed by atoms with Crippen molar-refractivity contribution in [1.29, 1.82) is 0 Å². The first-order chi connectivity index (χ1) is 12.9. The summed E-state index contributed by atoms with van der Waals surface area (Å²) in [5.74, 6) is 0.702. The number of amides is 1.